The number of amides is 1. The maximum absolute atomic E-state index is 13.4. The Labute approximate surface area is 181 Å². The number of anilines is 2. The van der Waals surface area contributed by atoms with Gasteiger partial charge in [-0.1, -0.05) is 29.8 Å². The minimum absolute atomic E-state index is 0.0731. The van der Waals surface area contributed by atoms with Gasteiger partial charge < -0.3 is 10.1 Å². The molecule has 0 aliphatic rings. The summed E-state index contributed by atoms with van der Waals surface area (Å²) >= 11 is 5.87. The van der Waals surface area contributed by atoms with E-state index in [2.05, 4.69) is 5.32 Å². The number of aryl methyl sites for hydroxylation is 1. The highest BCUT2D eigenvalue weighted by Gasteiger charge is 2.27. The number of ether oxygens (including phenoxy) is 1. The highest BCUT2D eigenvalue weighted by Crippen LogP contribution is 2.27. The van der Waals surface area contributed by atoms with E-state index in [0.717, 1.165) is 4.31 Å². The van der Waals surface area contributed by atoms with Crippen molar-refractivity contribution < 1.29 is 17.9 Å². The van der Waals surface area contributed by atoms with Crippen molar-refractivity contribution in [2.24, 2.45) is 0 Å². The predicted octanol–water partition coefficient (Wildman–Crippen LogP) is 4.49. The van der Waals surface area contributed by atoms with Crippen LogP contribution in [0.2, 0.25) is 5.02 Å². The minimum Gasteiger partial charge on any atom is -0.496 e. The molecule has 0 saturated carbocycles. The number of para-hydroxylation sites is 1. The lowest BCUT2D eigenvalue weighted by molar-refractivity contribution is -0.114. The summed E-state index contributed by atoms with van der Waals surface area (Å²) in [4.78, 5) is 12.7. The minimum atomic E-state index is -4.00. The third-order valence-electron chi connectivity index (χ3n) is 4.41. The third kappa shape index (κ3) is 4.93. The molecule has 0 fully saturated rings. The van der Waals surface area contributed by atoms with Crippen LogP contribution >= 0.6 is 11.6 Å². The first-order chi connectivity index (χ1) is 14.3. The number of sulfonamides is 1. The van der Waals surface area contributed by atoms with Crippen LogP contribution in [-0.2, 0) is 14.8 Å². The summed E-state index contributed by atoms with van der Waals surface area (Å²) in [7, 11) is -2.48. The molecule has 1 amide bonds. The molecule has 0 aliphatic carbocycles. The monoisotopic (exact) mass is 444 g/mol. The van der Waals surface area contributed by atoms with E-state index in [9.17, 15) is 13.2 Å². The molecule has 0 heterocycles. The average molecular weight is 445 g/mol. The van der Waals surface area contributed by atoms with Crippen LogP contribution in [0.15, 0.2) is 77.7 Å². The Morgan fingerprint density at radius 2 is 1.70 bits per heavy atom. The second-order valence-electron chi connectivity index (χ2n) is 6.53. The zero-order valence-electron chi connectivity index (χ0n) is 16.5. The number of hydrogen-bond donors (Lipinski definition) is 1. The Bertz CT molecular complexity index is 1130. The van der Waals surface area contributed by atoms with E-state index >= 15 is 0 Å². The second-order valence-corrected chi connectivity index (χ2v) is 8.83. The fourth-order valence-electron chi connectivity index (χ4n) is 2.91. The van der Waals surface area contributed by atoms with Crippen LogP contribution < -0.4 is 14.4 Å². The number of rotatable bonds is 7. The molecule has 3 aromatic carbocycles. The number of carbonyl (C=O) groups is 1. The number of nitrogens with one attached hydrogen (secondary N) is 1. The van der Waals surface area contributed by atoms with Gasteiger partial charge in [0, 0.05) is 10.7 Å². The van der Waals surface area contributed by atoms with Gasteiger partial charge in [-0.25, -0.2) is 8.42 Å². The predicted molar refractivity (Wildman–Crippen MR) is 119 cm³/mol. The molecule has 0 aromatic heterocycles. The van der Waals surface area contributed by atoms with Gasteiger partial charge in [0.25, 0.3) is 10.0 Å². The lowest BCUT2D eigenvalue weighted by Crippen LogP contribution is -2.38. The van der Waals surface area contributed by atoms with Gasteiger partial charge in [-0.05, 0) is 67.1 Å². The van der Waals surface area contributed by atoms with Crippen LogP contribution in [-0.4, -0.2) is 28.0 Å². The van der Waals surface area contributed by atoms with Gasteiger partial charge >= 0.3 is 0 Å². The topological polar surface area (TPSA) is 75.7 Å². The molecule has 0 bridgehead atoms. The summed E-state index contributed by atoms with van der Waals surface area (Å²) in [5.74, 6) is 0.107. The standard InChI is InChI=1S/C22H21ClN2O4S/c1-16-14-20(12-13-21(16)29-2)30(27,28)25(19-6-4-3-5-7-19)15-22(26)24-18-10-8-17(23)9-11-18/h3-14H,15H2,1-2H3,(H,24,26). The smallest absolute Gasteiger partial charge is 0.264 e. The molecular weight excluding hydrogens is 424 g/mol. The van der Waals surface area contributed by atoms with Crippen LogP contribution in [0, 0.1) is 6.92 Å². The Balaban J connectivity index is 1.93. The van der Waals surface area contributed by atoms with Gasteiger partial charge in [-0.3, -0.25) is 9.10 Å². The normalized spacial score (nSPS) is 11.0. The first-order valence-electron chi connectivity index (χ1n) is 9.09. The Kier molecular flexibility index (Phi) is 6.64. The molecule has 3 aromatic rings. The summed E-state index contributed by atoms with van der Waals surface area (Å²) in [6, 6.07) is 19.7. The lowest BCUT2D eigenvalue weighted by atomic mass is 10.2. The van der Waals surface area contributed by atoms with Crippen molar-refractivity contribution in [3.63, 3.8) is 0 Å². The first kappa shape index (κ1) is 21.7. The molecular formula is C22H21ClN2O4S. The molecule has 30 heavy (non-hydrogen) atoms. The summed E-state index contributed by atoms with van der Waals surface area (Å²) in [5.41, 5.74) is 1.59. The van der Waals surface area contributed by atoms with Crippen LogP contribution in [0.3, 0.4) is 0 Å². The van der Waals surface area contributed by atoms with E-state index in [1.54, 1.807) is 67.6 Å². The molecule has 8 heteroatoms. The third-order valence-corrected chi connectivity index (χ3v) is 6.44. The molecule has 0 atom stereocenters. The second kappa shape index (κ2) is 9.19. The van der Waals surface area contributed by atoms with Crippen molar-refractivity contribution in [1.29, 1.82) is 0 Å². The van der Waals surface area contributed by atoms with Gasteiger partial charge in [0.2, 0.25) is 5.91 Å². The zero-order chi connectivity index (χ0) is 21.7. The zero-order valence-corrected chi connectivity index (χ0v) is 18.1. The quantitative estimate of drug-likeness (QED) is 0.582. The SMILES string of the molecule is COc1ccc(S(=O)(=O)N(CC(=O)Nc2ccc(Cl)cc2)c2ccccc2)cc1C. The van der Waals surface area contributed by atoms with E-state index in [4.69, 9.17) is 16.3 Å². The average Bonchev–Trinajstić information content (AvgIpc) is 2.74. The molecule has 0 aliphatic heterocycles. The number of halogens is 1. The lowest BCUT2D eigenvalue weighted by Gasteiger charge is -2.24. The Morgan fingerprint density at radius 3 is 2.30 bits per heavy atom. The fraction of sp³-hybridized carbons (Fsp3) is 0.136. The van der Waals surface area contributed by atoms with Crippen LogP contribution in [0.1, 0.15) is 5.56 Å². The number of hydrogen-bond acceptors (Lipinski definition) is 4. The summed E-state index contributed by atoms with van der Waals surface area (Å²) in [5, 5.41) is 3.24. The summed E-state index contributed by atoms with van der Waals surface area (Å²) in [6.45, 7) is 1.37. The molecule has 0 radical (unpaired) electrons. The van der Waals surface area contributed by atoms with Crippen molar-refractivity contribution in [2.45, 2.75) is 11.8 Å². The van der Waals surface area contributed by atoms with Gasteiger partial charge in [-0.15, -0.1) is 0 Å². The molecule has 156 valence electrons. The summed E-state index contributed by atoms with van der Waals surface area (Å²) in [6.07, 6.45) is 0. The first-order valence-corrected chi connectivity index (χ1v) is 10.9. The van der Waals surface area contributed by atoms with Crippen LogP contribution in [0.5, 0.6) is 5.75 Å². The maximum Gasteiger partial charge on any atom is 0.264 e. The molecule has 0 unspecified atom stereocenters. The summed E-state index contributed by atoms with van der Waals surface area (Å²) < 4.78 is 33.1. The molecule has 3 rings (SSSR count). The molecule has 6 nitrogen and oxygen atoms in total. The Morgan fingerprint density at radius 1 is 1.03 bits per heavy atom. The van der Waals surface area contributed by atoms with Crippen LogP contribution in [0.4, 0.5) is 11.4 Å². The van der Waals surface area contributed by atoms with E-state index in [0.29, 0.717) is 27.7 Å². The fourth-order valence-corrected chi connectivity index (χ4v) is 4.54. The number of carbonyl (C=O) groups excluding carboxylic acids is 1. The largest absolute Gasteiger partial charge is 0.496 e. The van der Waals surface area contributed by atoms with Crippen molar-refractivity contribution in [2.75, 3.05) is 23.3 Å². The highest BCUT2D eigenvalue weighted by molar-refractivity contribution is 7.92. The van der Waals surface area contributed by atoms with E-state index in [-0.39, 0.29) is 11.4 Å². The van der Waals surface area contributed by atoms with E-state index < -0.39 is 15.9 Å². The maximum atomic E-state index is 13.4. The van der Waals surface area contributed by atoms with Gasteiger partial charge in [0.1, 0.15) is 12.3 Å². The number of benzene rings is 3. The highest BCUT2D eigenvalue weighted by atomic mass is 35.5. The molecule has 0 saturated heterocycles. The van der Waals surface area contributed by atoms with Crippen molar-refractivity contribution in [3.8, 4) is 5.75 Å². The van der Waals surface area contributed by atoms with Gasteiger partial charge in [0.15, 0.2) is 0 Å². The van der Waals surface area contributed by atoms with E-state index in [1.807, 2.05) is 0 Å². The number of methoxy groups -OCH3 is 1. The molecule has 1 N–H and O–H groups in total. The van der Waals surface area contributed by atoms with E-state index in [1.165, 1.54) is 19.2 Å². The van der Waals surface area contributed by atoms with Crippen molar-refractivity contribution in [3.05, 3.63) is 83.4 Å². The van der Waals surface area contributed by atoms with Gasteiger partial charge in [0.05, 0.1) is 17.7 Å². The van der Waals surface area contributed by atoms with Crippen molar-refractivity contribution >= 4 is 38.9 Å². The van der Waals surface area contributed by atoms with Crippen molar-refractivity contribution in [1.82, 2.24) is 0 Å². The Hall–Kier alpha value is -3.03. The number of nitrogens with zero attached hydrogens (tertiary/aromatic N) is 1. The molecule has 0 spiro atoms. The van der Waals surface area contributed by atoms with Gasteiger partial charge in [-0.2, -0.15) is 0 Å². The van der Waals surface area contributed by atoms with Crippen LogP contribution in [0.25, 0.3) is 0 Å².